The number of carboxylic acid groups (broad SMARTS) is 1. The number of hydrogen-bond donors (Lipinski definition) is 2. The topological polar surface area (TPSA) is 89.6 Å². The van der Waals surface area contributed by atoms with E-state index in [1.807, 2.05) is 24.3 Å². The highest BCUT2D eigenvalue weighted by molar-refractivity contribution is 9.10. The van der Waals surface area contributed by atoms with Gasteiger partial charge < -0.3 is 15.6 Å². The number of carbonyl (C=O) groups excluding carboxylic acids is 1. The maximum atomic E-state index is 12.0. The van der Waals surface area contributed by atoms with Crippen LogP contribution in [0.2, 0.25) is 0 Å². The normalized spacial score (nSPS) is 14.3. The number of halogens is 1. The summed E-state index contributed by atoms with van der Waals surface area (Å²) in [4.78, 5) is 23.3. The van der Waals surface area contributed by atoms with Crippen LogP contribution in [-0.4, -0.2) is 28.7 Å². The van der Waals surface area contributed by atoms with Gasteiger partial charge >= 0.3 is 11.9 Å². The SMILES string of the molecule is CC(C)(C)OC(=O)[C@H](C(=O)O)[C@@H](N)Cc1ccc(Br)cc1. The van der Waals surface area contributed by atoms with E-state index in [4.69, 9.17) is 10.5 Å². The van der Waals surface area contributed by atoms with Crippen LogP contribution in [-0.2, 0) is 20.7 Å². The van der Waals surface area contributed by atoms with Crippen LogP contribution in [0.15, 0.2) is 28.7 Å². The van der Waals surface area contributed by atoms with Crippen molar-refractivity contribution in [2.75, 3.05) is 0 Å². The molecule has 0 saturated heterocycles. The highest BCUT2D eigenvalue weighted by Gasteiger charge is 2.36. The van der Waals surface area contributed by atoms with Gasteiger partial charge in [0, 0.05) is 10.5 Å². The van der Waals surface area contributed by atoms with Gasteiger partial charge in [0.2, 0.25) is 0 Å². The first kappa shape index (κ1) is 17.7. The molecule has 0 unspecified atom stereocenters. The Balaban J connectivity index is 2.82. The molecule has 3 N–H and O–H groups in total. The van der Waals surface area contributed by atoms with Crippen LogP contribution in [0.4, 0.5) is 0 Å². The second-order valence-electron chi connectivity index (χ2n) is 5.84. The van der Waals surface area contributed by atoms with Crippen molar-refractivity contribution < 1.29 is 19.4 Å². The number of esters is 1. The molecule has 1 aromatic rings. The summed E-state index contributed by atoms with van der Waals surface area (Å²) < 4.78 is 6.05. The van der Waals surface area contributed by atoms with Gasteiger partial charge in [-0.2, -0.15) is 0 Å². The van der Waals surface area contributed by atoms with E-state index in [-0.39, 0.29) is 6.42 Å². The van der Waals surface area contributed by atoms with Crippen LogP contribution < -0.4 is 5.73 Å². The summed E-state index contributed by atoms with van der Waals surface area (Å²) in [6.45, 7) is 5.05. The number of benzene rings is 1. The van der Waals surface area contributed by atoms with E-state index in [2.05, 4.69) is 15.9 Å². The van der Waals surface area contributed by atoms with Gasteiger partial charge in [-0.15, -0.1) is 0 Å². The summed E-state index contributed by atoms with van der Waals surface area (Å²) in [6.07, 6.45) is 0.281. The molecular formula is C15H20BrNO4. The Bertz CT molecular complexity index is 507. The molecule has 0 heterocycles. The van der Waals surface area contributed by atoms with Crippen LogP contribution in [0.1, 0.15) is 26.3 Å². The molecule has 21 heavy (non-hydrogen) atoms. The van der Waals surface area contributed by atoms with Crippen molar-refractivity contribution in [2.24, 2.45) is 11.7 Å². The summed E-state index contributed by atoms with van der Waals surface area (Å²) in [5.41, 5.74) is 6.03. The number of carboxylic acids is 1. The Morgan fingerprint density at radius 2 is 1.81 bits per heavy atom. The Morgan fingerprint density at radius 3 is 2.24 bits per heavy atom. The fraction of sp³-hybridized carbons (Fsp3) is 0.467. The Kier molecular flexibility index (Phi) is 5.92. The summed E-state index contributed by atoms with van der Waals surface area (Å²) in [5, 5.41) is 9.24. The number of rotatable bonds is 5. The Hall–Kier alpha value is -1.40. The molecule has 0 saturated carbocycles. The molecule has 0 spiro atoms. The second-order valence-corrected chi connectivity index (χ2v) is 6.76. The minimum Gasteiger partial charge on any atom is -0.481 e. The lowest BCUT2D eigenvalue weighted by Gasteiger charge is -2.25. The molecule has 6 heteroatoms. The van der Waals surface area contributed by atoms with Crippen molar-refractivity contribution in [1.29, 1.82) is 0 Å². The standard InChI is InChI=1S/C15H20BrNO4/c1-15(2,3)21-14(20)12(13(18)19)11(17)8-9-4-6-10(16)7-5-9/h4-7,11-12H,8,17H2,1-3H3,(H,18,19)/t11-,12-/m0/s1. The highest BCUT2D eigenvalue weighted by Crippen LogP contribution is 2.17. The summed E-state index contributed by atoms with van der Waals surface area (Å²) in [5.74, 6) is -3.46. The van der Waals surface area contributed by atoms with Crippen molar-refractivity contribution in [3.8, 4) is 0 Å². The lowest BCUT2D eigenvalue weighted by molar-refractivity contribution is -0.167. The van der Waals surface area contributed by atoms with Gasteiger partial charge in [-0.05, 0) is 44.9 Å². The smallest absolute Gasteiger partial charge is 0.322 e. The van der Waals surface area contributed by atoms with Gasteiger partial charge in [-0.3, -0.25) is 9.59 Å². The molecule has 0 aliphatic carbocycles. The summed E-state index contributed by atoms with van der Waals surface area (Å²) >= 11 is 3.32. The molecule has 0 aliphatic heterocycles. The van der Waals surface area contributed by atoms with Gasteiger partial charge in [-0.25, -0.2) is 0 Å². The fourth-order valence-electron chi connectivity index (χ4n) is 1.83. The van der Waals surface area contributed by atoms with Gasteiger partial charge in [0.1, 0.15) is 5.60 Å². The molecule has 1 rings (SSSR count). The van der Waals surface area contributed by atoms with Crippen LogP contribution in [0.5, 0.6) is 0 Å². The lowest BCUT2D eigenvalue weighted by Crippen LogP contribution is -2.45. The molecule has 5 nitrogen and oxygen atoms in total. The number of nitrogens with two attached hydrogens (primary N) is 1. The van der Waals surface area contributed by atoms with Crippen LogP contribution in [0.25, 0.3) is 0 Å². The van der Waals surface area contributed by atoms with Crippen LogP contribution in [0, 0.1) is 5.92 Å². The van der Waals surface area contributed by atoms with Crippen molar-refractivity contribution in [3.63, 3.8) is 0 Å². The maximum absolute atomic E-state index is 12.0. The van der Waals surface area contributed by atoms with E-state index >= 15 is 0 Å². The van der Waals surface area contributed by atoms with Crippen LogP contribution in [0.3, 0.4) is 0 Å². The molecule has 1 aromatic carbocycles. The number of hydrogen-bond acceptors (Lipinski definition) is 4. The van der Waals surface area contributed by atoms with Gasteiger partial charge in [0.05, 0.1) is 0 Å². The van der Waals surface area contributed by atoms with Gasteiger partial charge in [-0.1, -0.05) is 28.1 Å². The average molecular weight is 358 g/mol. The second kappa shape index (κ2) is 7.04. The third-order valence-corrected chi connectivity index (χ3v) is 3.27. The predicted molar refractivity (Wildman–Crippen MR) is 82.8 cm³/mol. The zero-order valence-corrected chi connectivity index (χ0v) is 13.9. The first-order valence-electron chi connectivity index (χ1n) is 6.56. The third-order valence-electron chi connectivity index (χ3n) is 2.74. The number of ether oxygens (including phenoxy) is 1. The molecule has 116 valence electrons. The summed E-state index contributed by atoms with van der Waals surface area (Å²) in [6, 6.07) is 6.49. The highest BCUT2D eigenvalue weighted by atomic mass is 79.9. The summed E-state index contributed by atoms with van der Waals surface area (Å²) in [7, 11) is 0. The Morgan fingerprint density at radius 1 is 1.29 bits per heavy atom. The number of carbonyl (C=O) groups is 2. The van der Waals surface area contributed by atoms with E-state index < -0.39 is 29.5 Å². The average Bonchev–Trinajstić information content (AvgIpc) is 2.29. The van der Waals surface area contributed by atoms with E-state index in [0.717, 1.165) is 10.0 Å². The quantitative estimate of drug-likeness (QED) is 0.623. The van der Waals surface area contributed by atoms with Gasteiger partial charge in [0.15, 0.2) is 5.92 Å². The van der Waals surface area contributed by atoms with Crippen LogP contribution >= 0.6 is 15.9 Å². The molecule has 0 aromatic heterocycles. The minimum absolute atomic E-state index is 0.281. The first-order chi connectivity index (χ1) is 9.60. The Labute approximate surface area is 132 Å². The zero-order valence-electron chi connectivity index (χ0n) is 12.3. The molecule has 0 bridgehead atoms. The van der Waals surface area contributed by atoms with E-state index in [1.165, 1.54) is 0 Å². The van der Waals surface area contributed by atoms with Gasteiger partial charge in [0.25, 0.3) is 0 Å². The molecule has 0 fully saturated rings. The zero-order chi connectivity index (χ0) is 16.2. The molecule has 0 aliphatic rings. The van der Waals surface area contributed by atoms with Crippen molar-refractivity contribution in [3.05, 3.63) is 34.3 Å². The van der Waals surface area contributed by atoms with E-state index in [1.54, 1.807) is 20.8 Å². The van der Waals surface area contributed by atoms with Crippen molar-refractivity contribution in [1.82, 2.24) is 0 Å². The maximum Gasteiger partial charge on any atom is 0.322 e. The number of aliphatic carboxylic acids is 1. The molecule has 0 radical (unpaired) electrons. The van der Waals surface area contributed by atoms with E-state index in [0.29, 0.717) is 0 Å². The molecule has 2 atom stereocenters. The van der Waals surface area contributed by atoms with Crippen molar-refractivity contribution in [2.45, 2.75) is 38.8 Å². The molecule has 0 amide bonds. The largest absolute Gasteiger partial charge is 0.481 e. The predicted octanol–water partition coefficient (Wildman–Crippen LogP) is 2.36. The third kappa shape index (κ3) is 5.85. The first-order valence-corrected chi connectivity index (χ1v) is 7.35. The van der Waals surface area contributed by atoms with Crippen molar-refractivity contribution >= 4 is 27.9 Å². The van der Waals surface area contributed by atoms with E-state index in [9.17, 15) is 14.7 Å². The molecular weight excluding hydrogens is 338 g/mol. The minimum atomic E-state index is -1.38. The fourth-order valence-corrected chi connectivity index (χ4v) is 2.10. The lowest BCUT2D eigenvalue weighted by atomic mass is 9.94. The monoisotopic (exact) mass is 357 g/mol.